The summed E-state index contributed by atoms with van der Waals surface area (Å²) < 4.78 is 31.3. The van der Waals surface area contributed by atoms with Gasteiger partial charge in [-0.2, -0.15) is 0 Å². The fraction of sp³-hybridized carbons (Fsp3) is 0.364. The number of rotatable bonds is 5. The summed E-state index contributed by atoms with van der Waals surface area (Å²) in [5.41, 5.74) is 0.407. The molecule has 2 nitrogen and oxygen atoms in total. The number of halogens is 2. The van der Waals surface area contributed by atoms with Gasteiger partial charge in [0, 0.05) is 19.1 Å². The summed E-state index contributed by atoms with van der Waals surface area (Å²) >= 11 is 0. The third kappa shape index (κ3) is 3.09. The van der Waals surface area contributed by atoms with Crippen molar-refractivity contribution < 1.29 is 18.3 Å². The second-order valence-corrected chi connectivity index (χ2v) is 3.18. The average molecular weight is 214 g/mol. The van der Waals surface area contributed by atoms with E-state index in [1.807, 2.05) is 0 Å². The van der Waals surface area contributed by atoms with Crippen LogP contribution in [-0.2, 0) is 22.6 Å². The Balaban J connectivity index is 2.91. The molecule has 0 bridgehead atoms. The molecule has 0 heterocycles. The number of ether oxygens (including phenoxy) is 1. The van der Waals surface area contributed by atoms with Gasteiger partial charge in [0.2, 0.25) is 0 Å². The van der Waals surface area contributed by atoms with E-state index < -0.39 is 11.6 Å². The number of carbonyl (C=O) groups is 1. The maximum absolute atomic E-state index is 13.3. The maximum Gasteiger partial charge on any atom is 0.131 e. The quantitative estimate of drug-likeness (QED) is 0.702. The molecule has 0 saturated heterocycles. The van der Waals surface area contributed by atoms with Gasteiger partial charge in [0.15, 0.2) is 0 Å². The van der Waals surface area contributed by atoms with Crippen molar-refractivity contribution in [3.05, 3.63) is 34.9 Å². The monoisotopic (exact) mass is 214 g/mol. The standard InChI is InChI=1S/C11H12F2O2/c1-15-7-9-10(12)5-8(3-2-4-14)6-11(9)13/h4-6H,2-3,7H2,1H3. The molecule has 82 valence electrons. The second kappa shape index (κ2) is 5.56. The molecular formula is C11H12F2O2. The van der Waals surface area contributed by atoms with Crippen LogP contribution in [0.3, 0.4) is 0 Å². The topological polar surface area (TPSA) is 26.3 Å². The van der Waals surface area contributed by atoms with E-state index in [9.17, 15) is 13.6 Å². The van der Waals surface area contributed by atoms with Crippen molar-refractivity contribution in [3.63, 3.8) is 0 Å². The van der Waals surface area contributed by atoms with Crippen LogP contribution in [0.25, 0.3) is 0 Å². The van der Waals surface area contributed by atoms with Crippen molar-refractivity contribution in [3.8, 4) is 0 Å². The van der Waals surface area contributed by atoms with Crippen LogP contribution in [0.5, 0.6) is 0 Å². The highest BCUT2D eigenvalue weighted by molar-refractivity contribution is 5.50. The normalized spacial score (nSPS) is 10.3. The lowest BCUT2D eigenvalue weighted by atomic mass is 10.1. The number of benzene rings is 1. The fourth-order valence-corrected chi connectivity index (χ4v) is 1.31. The van der Waals surface area contributed by atoms with Crippen LogP contribution in [0.4, 0.5) is 8.78 Å². The minimum atomic E-state index is -0.627. The maximum atomic E-state index is 13.3. The summed E-state index contributed by atoms with van der Waals surface area (Å²) in [6.07, 6.45) is 1.34. The summed E-state index contributed by atoms with van der Waals surface area (Å²) in [6.45, 7) is -0.0916. The molecule has 0 saturated carbocycles. The van der Waals surface area contributed by atoms with E-state index in [0.717, 1.165) is 6.29 Å². The van der Waals surface area contributed by atoms with E-state index in [1.165, 1.54) is 19.2 Å². The molecule has 0 spiro atoms. The molecule has 1 rings (SSSR count). The van der Waals surface area contributed by atoms with E-state index in [-0.39, 0.29) is 18.6 Å². The van der Waals surface area contributed by atoms with Crippen LogP contribution < -0.4 is 0 Å². The number of aldehydes is 1. The van der Waals surface area contributed by atoms with Crippen LogP contribution >= 0.6 is 0 Å². The van der Waals surface area contributed by atoms with Crippen LogP contribution in [0.2, 0.25) is 0 Å². The Hall–Kier alpha value is -1.29. The first kappa shape index (κ1) is 11.8. The SMILES string of the molecule is COCc1c(F)cc(CCC=O)cc1F. The van der Waals surface area contributed by atoms with Crippen molar-refractivity contribution >= 4 is 6.29 Å². The van der Waals surface area contributed by atoms with Crippen LogP contribution in [-0.4, -0.2) is 13.4 Å². The van der Waals surface area contributed by atoms with Crippen LogP contribution in [0.1, 0.15) is 17.5 Å². The second-order valence-electron chi connectivity index (χ2n) is 3.18. The molecule has 0 radical (unpaired) electrons. The third-order valence-corrected chi connectivity index (χ3v) is 2.04. The fourth-order valence-electron chi connectivity index (χ4n) is 1.31. The molecule has 0 fully saturated rings. The number of hydrogen-bond acceptors (Lipinski definition) is 2. The highest BCUT2D eigenvalue weighted by atomic mass is 19.1. The number of carbonyl (C=O) groups excluding carboxylic acids is 1. The Morgan fingerprint density at radius 2 is 1.93 bits per heavy atom. The number of aryl methyl sites for hydroxylation is 1. The summed E-state index contributed by atoms with van der Waals surface area (Å²) in [4.78, 5) is 10.1. The van der Waals surface area contributed by atoms with Gasteiger partial charge in [-0.15, -0.1) is 0 Å². The zero-order chi connectivity index (χ0) is 11.3. The first-order chi connectivity index (χ1) is 7.19. The van der Waals surface area contributed by atoms with Gasteiger partial charge in [-0.1, -0.05) is 0 Å². The minimum absolute atomic E-state index is 0.0765. The molecular weight excluding hydrogens is 202 g/mol. The van der Waals surface area contributed by atoms with E-state index in [1.54, 1.807) is 0 Å². The summed E-state index contributed by atoms with van der Waals surface area (Å²) in [7, 11) is 1.37. The molecule has 0 amide bonds. The lowest BCUT2D eigenvalue weighted by molar-refractivity contribution is -0.107. The molecule has 0 N–H and O–H groups in total. The number of hydrogen-bond donors (Lipinski definition) is 0. The molecule has 0 unspecified atom stereocenters. The minimum Gasteiger partial charge on any atom is -0.380 e. The zero-order valence-corrected chi connectivity index (χ0v) is 8.43. The summed E-state index contributed by atoms with van der Waals surface area (Å²) in [6, 6.07) is 2.47. The van der Waals surface area contributed by atoms with Gasteiger partial charge in [0.05, 0.1) is 6.61 Å². The van der Waals surface area contributed by atoms with Gasteiger partial charge in [-0.25, -0.2) is 8.78 Å². The van der Waals surface area contributed by atoms with Gasteiger partial charge in [-0.05, 0) is 24.1 Å². The molecule has 0 aliphatic carbocycles. The Morgan fingerprint density at radius 3 is 2.40 bits per heavy atom. The van der Waals surface area contributed by atoms with Crippen LogP contribution in [0, 0.1) is 11.6 Å². The van der Waals surface area contributed by atoms with E-state index in [0.29, 0.717) is 12.0 Å². The first-order valence-electron chi connectivity index (χ1n) is 4.58. The van der Waals surface area contributed by atoms with E-state index in [2.05, 4.69) is 4.74 Å². The molecule has 15 heavy (non-hydrogen) atoms. The smallest absolute Gasteiger partial charge is 0.131 e. The van der Waals surface area contributed by atoms with Gasteiger partial charge < -0.3 is 9.53 Å². The van der Waals surface area contributed by atoms with Gasteiger partial charge in [-0.3, -0.25) is 0 Å². The highest BCUT2D eigenvalue weighted by Crippen LogP contribution is 2.17. The number of methoxy groups -OCH3 is 1. The average Bonchev–Trinajstić information content (AvgIpc) is 2.20. The molecule has 1 aromatic rings. The molecule has 0 aliphatic rings. The molecule has 0 aliphatic heterocycles. The van der Waals surface area contributed by atoms with Gasteiger partial charge in [0.1, 0.15) is 17.9 Å². The molecule has 4 heteroatoms. The van der Waals surface area contributed by atoms with Gasteiger partial charge in [0.25, 0.3) is 0 Å². The van der Waals surface area contributed by atoms with Crippen molar-refractivity contribution in [1.29, 1.82) is 0 Å². The Morgan fingerprint density at radius 1 is 1.33 bits per heavy atom. The molecule has 0 atom stereocenters. The summed E-state index contributed by atoms with van der Waals surface area (Å²) in [5, 5.41) is 0. The van der Waals surface area contributed by atoms with E-state index >= 15 is 0 Å². The zero-order valence-electron chi connectivity index (χ0n) is 8.43. The predicted octanol–water partition coefficient (Wildman–Crippen LogP) is 2.24. The molecule has 1 aromatic carbocycles. The van der Waals surface area contributed by atoms with Crippen molar-refractivity contribution in [2.24, 2.45) is 0 Å². The highest BCUT2D eigenvalue weighted by Gasteiger charge is 2.10. The third-order valence-electron chi connectivity index (χ3n) is 2.04. The van der Waals surface area contributed by atoms with Crippen molar-refractivity contribution in [2.75, 3.05) is 7.11 Å². The van der Waals surface area contributed by atoms with Crippen molar-refractivity contribution in [2.45, 2.75) is 19.4 Å². The lowest BCUT2D eigenvalue weighted by Crippen LogP contribution is -2.00. The Kier molecular flexibility index (Phi) is 4.37. The lowest BCUT2D eigenvalue weighted by Gasteiger charge is -2.06. The van der Waals surface area contributed by atoms with E-state index in [4.69, 9.17) is 0 Å². The van der Waals surface area contributed by atoms with Crippen LogP contribution in [0.15, 0.2) is 12.1 Å². The Labute approximate surface area is 86.9 Å². The predicted molar refractivity (Wildman–Crippen MR) is 51.5 cm³/mol. The van der Waals surface area contributed by atoms with Gasteiger partial charge >= 0.3 is 0 Å². The first-order valence-corrected chi connectivity index (χ1v) is 4.58. The van der Waals surface area contributed by atoms with Crippen molar-refractivity contribution in [1.82, 2.24) is 0 Å². The Bertz CT molecular complexity index is 327. The largest absolute Gasteiger partial charge is 0.380 e. The molecule has 0 aromatic heterocycles. The summed E-state index contributed by atoms with van der Waals surface area (Å²) in [5.74, 6) is -1.25.